The maximum Gasteiger partial charge on any atom is 0.163 e. The molecule has 1 aliphatic heterocycles. The van der Waals surface area contributed by atoms with Crippen molar-refractivity contribution in [3.63, 3.8) is 0 Å². The fourth-order valence-corrected chi connectivity index (χ4v) is 7.72. The van der Waals surface area contributed by atoms with Gasteiger partial charge >= 0.3 is 0 Å². The van der Waals surface area contributed by atoms with E-state index in [1.54, 1.807) is 0 Å². The van der Waals surface area contributed by atoms with Gasteiger partial charge in [0.1, 0.15) is 5.37 Å². The van der Waals surface area contributed by atoms with Crippen molar-refractivity contribution in [1.29, 1.82) is 0 Å². The van der Waals surface area contributed by atoms with E-state index in [9.17, 15) is 8.42 Å². The molecule has 7 unspecified atom stereocenters. The Hall–Kier alpha value is -0.350. The predicted molar refractivity (Wildman–Crippen MR) is 89.0 cm³/mol. The van der Waals surface area contributed by atoms with E-state index < -0.39 is 9.84 Å². The maximum absolute atomic E-state index is 12.3. The van der Waals surface area contributed by atoms with Gasteiger partial charge < -0.3 is 5.32 Å². The average Bonchev–Trinajstić information content (AvgIpc) is 2.84. The molecule has 3 aliphatic carbocycles. The van der Waals surface area contributed by atoms with Crippen molar-refractivity contribution in [2.75, 3.05) is 12.8 Å². The van der Waals surface area contributed by atoms with Crippen LogP contribution in [-0.4, -0.2) is 26.6 Å². The summed E-state index contributed by atoms with van der Waals surface area (Å²) in [6, 6.07) is 0. The highest BCUT2D eigenvalue weighted by Gasteiger charge is 2.50. The van der Waals surface area contributed by atoms with Gasteiger partial charge in [0, 0.05) is 6.26 Å². The minimum Gasteiger partial charge on any atom is -0.301 e. The lowest BCUT2D eigenvalue weighted by atomic mass is 9.55. The van der Waals surface area contributed by atoms with Gasteiger partial charge in [-0.3, -0.25) is 0 Å². The van der Waals surface area contributed by atoms with Crippen LogP contribution in [0.4, 0.5) is 0 Å². The molecule has 0 aromatic carbocycles. The summed E-state index contributed by atoms with van der Waals surface area (Å²) in [4.78, 5) is 0. The van der Waals surface area contributed by atoms with Crippen molar-refractivity contribution in [1.82, 2.24) is 5.32 Å². The summed E-state index contributed by atoms with van der Waals surface area (Å²) in [5.41, 5.74) is 0. The largest absolute Gasteiger partial charge is 0.301 e. The molecule has 3 fully saturated rings. The van der Waals surface area contributed by atoms with Crippen molar-refractivity contribution in [3.05, 3.63) is 12.2 Å². The second-order valence-electron chi connectivity index (χ2n) is 8.15. The van der Waals surface area contributed by atoms with Crippen LogP contribution in [0, 0.1) is 35.5 Å². The third kappa shape index (κ3) is 2.47. The zero-order valence-corrected chi connectivity index (χ0v) is 14.4. The zero-order chi connectivity index (χ0) is 15.3. The molecule has 4 aliphatic rings. The molecule has 2 saturated carbocycles. The van der Waals surface area contributed by atoms with Crippen LogP contribution in [0.5, 0.6) is 0 Å². The monoisotopic (exact) mass is 323 g/mol. The van der Waals surface area contributed by atoms with Crippen molar-refractivity contribution >= 4 is 9.84 Å². The van der Waals surface area contributed by atoms with Crippen LogP contribution in [0.3, 0.4) is 0 Å². The molecule has 0 bridgehead atoms. The summed E-state index contributed by atoms with van der Waals surface area (Å²) in [5.74, 6) is 4.32. The summed E-state index contributed by atoms with van der Waals surface area (Å²) in [5, 5.41) is 3.07. The molecule has 3 nitrogen and oxygen atoms in total. The molecule has 22 heavy (non-hydrogen) atoms. The SMILES string of the molecule is CS(=O)(=O)C1NCCCC2C3CCC4C=CCC4C3CCC21. The zero-order valence-electron chi connectivity index (χ0n) is 13.6. The Balaban J connectivity index is 1.61. The normalized spacial score (nSPS) is 48.1. The van der Waals surface area contributed by atoms with E-state index in [0.29, 0.717) is 11.8 Å². The third-order valence-corrected chi connectivity index (χ3v) is 8.56. The lowest BCUT2D eigenvalue weighted by Crippen LogP contribution is -2.50. The highest BCUT2D eigenvalue weighted by atomic mass is 32.2. The minimum atomic E-state index is -3.00. The van der Waals surface area contributed by atoms with Crippen molar-refractivity contribution in [2.45, 2.75) is 50.3 Å². The molecule has 0 spiro atoms. The molecule has 0 aromatic rings. The van der Waals surface area contributed by atoms with E-state index in [-0.39, 0.29) is 5.37 Å². The average molecular weight is 324 g/mol. The Labute approximate surface area is 134 Å². The van der Waals surface area contributed by atoms with Crippen LogP contribution >= 0.6 is 0 Å². The number of hydrogen-bond donors (Lipinski definition) is 1. The molecule has 0 aromatic heterocycles. The minimum absolute atomic E-state index is 0.291. The van der Waals surface area contributed by atoms with Gasteiger partial charge in [-0.05, 0) is 87.0 Å². The molecule has 0 radical (unpaired) electrons. The Morgan fingerprint density at radius 2 is 1.59 bits per heavy atom. The molecule has 0 amide bonds. The quantitative estimate of drug-likeness (QED) is 0.755. The van der Waals surface area contributed by atoms with Gasteiger partial charge in [0.05, 0.1) is 0 Å². The topological polar surface area (TPSA) is 46.2 Å². The fraction of sp³-hybridized carbons (Fsp3) is 0.889. The number of fused-ring (bicyclic) bond motifs is 5. The number of rotatable bonds is 1. The number of nitrogens with one attached hydrogen (secondary N) is 1. The molecule has 1 saturated heterocycles. The molecule has 124 valence electrons. The van der Waals surface area contributed by atoms with Crippen molar-refractivity contribution in [3.8, 4) is 0 Å². The van der Waals surface area contributed by atoms with Gasteiger partial charge in [-0.15, -0.1) is 0 Å². The third-order valence-electron chi connectivity index (χ3n) is 7.12. The summed E-state index contributed by atoms with van der Waals surface area (Å²) in [6.45, 7) is 0.871. The summed E-state index contributed by atoms with van der Waals surface area (Å²) >= 11 is 0. The first-order valence-electron chi connectivity index (χ1n) is 9.14. The highest BCUT2D eigenvalue weighted by Crippen LogP contribution is 2.55. The van der Waals surface area contributed by atoms with Gasteiger partial charge in [0.15, 0.2) is 9.84 Å². The van der Waals surface area contributed by atoms with E-state index in [0.717, 1.165) is 43.1 Å². The smallest absolute Gasteiger partial charge is 0.163 e. The molecule has 7 atom stereocenters. The maximum atomic E-state index is 12.3. The second kappa shape index (κ2) is 5.62. The molecule has 1 heterocycles. The summed E-state index contributed by atoms with van der Waals surface area (Å²) in [6.07, 6.45) is 15.0. The molecular weight excluding hydrogens is 294 g/mol. The standard InChI is InChI=1S/C18H29NO2S/c1-22(20,21)18-17-10-9-15-13-5-2-4-12(13)7-8-16(15)14(17)6-3-11-19-18/h2,4,12-19H,3,5-11H2,1H3. The van der Waals surface area contributed by atoms with Crippen LogP contribution < -0.4 is 5.32 Å². The van der Waals surface area contributed by atoms with Crippen molar-refractivity contribution < 1.29 is 8.42 Å². The molecular formula is C18H29NO2S. The lowest BCUT2D eigenvalue weighted by molar-refractivity contribution is 0.00127. The first kappa shape index (κ1) is 15.2. The molecule has 4 rings (SSSR count). The molecule has 4 heteroatoms. The Morgan fingerprint density at radius 1 is 0.909 bits per heavy atom. The van der Waals surface area contributed by atoms with Crippen LogP contribution in [0.15, 0.2) is 12.2 Å². The Morgan fingerprint density at radius 3 is 2.41 bits per heavy atom. The van der Waals surface area contributed by atoms with E-state index >= 15 is 0 Å². The van der Waals surface area contributed by atoms with Crippen LogP contribution in [0.1, 0.15) is 44.9 Å². The summed E-state index contributed by atoms with van der Waals surface area (Å²) < 4.78 is 24.5. The van der Waals surface area contributed by atoms with E-state index in [2.05, 4.69) is 17.5 Å². The van der Waals surface area contributed by atoms with Gasteiger partial charge in [0.25, 0.3) is 0 Å². The van der Waals surface area contributed by atoms with Crippen LogP contribution in [-0.2, 0) is 9.84 Å². The Bertz CT molecular complexity index is 555. The first-order valence-corrected chi connectivity index (χ1v) is 11.1. The number of sulfone groups is 1. The van der Waals surface area contributed by atoms with Gasteiger partial charge in [-0.2, -0.15) is 0 Å². The van der Waals surface area contributed by atoms with Gasteiger partial charge in [-0.25, -0.2) is 8.42 Å². The van der Waals surface area contributed by atoms with Crippen LogP contribution in [0.2, 0.25) is 0 Å². The molecule has 1 N–H and O–H groups in total. The number of hydrogen-bond acceptors (Lipinski definition) is 3. The van der Waals surface area contributed by atoms with Crippen LogP contribution in [0.25, 0.3) is 0 Å². The highest BCUT2D eigenvalue weighted by molar-refractivity contribution is 7.91. The fourth-order valence-electron chi connectivity index (χ4n) is 6.33. The number of allylic oxidation sites excluding steroid dienone is 2. The first-order chi connectivity index (χ1) is 10.6. The Kier molecular flexibility index (Phi) is 3.88. The summed E-state index contributed by atoms with van der Waals surface area (Å²) in [7, 11) is -3.00. The van der Waals surface area contributed by atoms with Gasteiger partial charge in [0.2, 0.25) is 0 Å². The van der Waals surface area contributed by atoms with Gasteiger partial charge in [-0.1, -0.05) is 12.2 Å². The predicted octanol–water partition coefficient (Wildman–Crippen LogP) is 2.99. The van der Waals surface area contributed by atoms with E-state index in [1.807, 2.05) is 0 Å². The lowest BCUT2D eigenvalue weighted by Gasteiger charge is -2.51. The van der Waals surface area contributed by atoms with E-state index in [4.69, 9.17) is 0 Å². The van der Waals surface area contributed by atoms with E-state index in [1.165, 1.54) is 38.4 Å². The van der Waals surface area contributed by atoms with Crippen molar-refractivity contribution in [2.24, 2.45) is 35.5 Å². The second-order valence-corrected chi connectivity index (χ2v) is 10.3.